The molecule has 30 heavy (non-hydrogen) atoms. The number of carbonyl (C=O) groups excluding carboxylic acids is 1. The van der Waals surface area contributed by atoms with E-state index >= 15 is 0 Å². The first-order valence-electron chi connectivity index (χ1n) is 10.1. The molecule has 0 aliphatic carbocycles. The molecule has 0 saturated heterocycles. The Bertz CT molecular complexity index is 950. The van der Waals surface area contributed by atoms with E-state index in [9.17, 15) is 13.2 Å². The summed E-state index contributed by atoms with van der Waals surface area (Å²) in [5, 5.41) is 2.94. The van der Waals surface area contributed by atoms with Crippen molar-refractivity contribution in [1.82, 2.24) is 4.31 Å². The highest BCUT2D eigenvalue weighted by atomic mass is 79.9. The highest BCUT2D eigenvalue weighted by molar-refractivity contribution is 9.10. The van der Waals surface area contributed by atoms with E-state index in [1.807, 2.05) is 32.9 Å². The van der Waals surface area contributed by atoms with Gasteiger partial charge in [-0.3, -0.25) is 4.79 Å². The maximum Gasteiger partial charge on any atom is 0.243 e. The van der Waals surface area contributed by atoms with E-state index in [4.69, 9.17) is 4.74 Å². The number of hydrogen-bond acceptors (Lipinski definition) is 4. The topological polar surface area (TPSA) is 75.7 Å². The van der Waals surface area contributed by atoms with Gasteiger partial charge in [0.15, 0.2) is 0 Å². The van der Waals surface area contributed by atoms with E-state index in [0.29, 0.717) is 12.4 Å². The van der Waals surface area contributed by atoms with E-state index in [2.05, 4.69) is 21.2 Å². The first kappa shape index (κ1) is 24.4. The summed E-state index contributed by atoms with van der Waals surface area (Å²) in [6.45, 7) is 8.05. The summed E-state index contributed by atoms with van der Waals surface area (Å²) < 4.78 is 33.5. The molecule has 8 heteroatoms. The van der Waals surface area contributed by atoms with E-state index in [1.165, 1.54) is 16.4 Å². The molecule has 0 aliphatic rings. The van der Waals surface area contributed by atoms with Crippen LogP contribution in [-0.4, -0.2) is 38.3 Å². The van der Waals surface area contributed by atoms with Crippen molar-refractivity contribution >= 4 is 37.5 Å². The number of benzene rings is 2. The highest BCUT2D eigenvalue weighted by Gasteiger charge is 2.26. The Hall–Kier alpha value is -1.90. The van der Waals surface area contributed by atoms with Gasteiger partial charge < -0.3 is 10.1 Å². The molecule has 2 rings (SSSR count). The molecule has 0 saturated carbocycles. The molecule has 0 aliphatic heterocycles. The van der Waals surface area contributed by atoms with Crippen LogP contribution in [-0.2, 0) is 27.7 Å². The molecule has 0 atom stereocenters. The van der Waals surface area contributed by atoms with Crippen LogP contribution in [0.4, 0.5) is 5.69 Å². The number of anilines is 1. The highest BCUT2D eigenvalue weighted by Crippen LogP contribution is 2.28. The maximum absolute atomic E-state index is 13.0. The van der Waals surface area contributed by atoms with E-state index in [0.717, 1.165) is 34.1 Å². The van der Waals surface area contributed by atoms with Gasteiger partial charge in [0.05, 0.1) is 18.0 Å². The molecule has 0 radical (unpaired) electrons. The molecule has 0 bridgehead atoms. The lowest BCUT2D eigenvalue weighted by molar-refractivity contribution is -0.116. The van der Waals surface area contributed by atoms with Crippen molar-refractivity contribution in [2.24, 2.45) is 0 Å². The molecule has 1 amide bonds. The third kappa shape index (κ3) is 5.83. The monoisotopic (exact) mass is 496 g/mol. The van der Waals surface area contributed by atoms with E-state index in [-0.39, 0.29) is 23.9 Å². The fourth-order valence-corrected chi connectivity index (χ4v) is 5.13. The number of ether oxygens (including phenoxy) is 1. The molecule has 0 aromatic heterocycles. The van der Waals surface area contributed by atoms with Crippen molar-refractivity contribution in [2.75, 3.05) is 25.0 Å². The lowest BCUT2D eigenvalue weighted by atomic mass is 10.0. The van der Waals surface area contributed by atoms with Crippen LogP contribution in [0, 0.1) is 0 Å². The van der Waals surface area contributed by atoms with Crippen molar-refractivity contribution in [3.05, 3.63) is 52.0 Å². The van der Waals surface area contributed by atoms with Crippen molar-refractivity contribution in [3.8, 4) is 5.75 Å². The van der Waals surface area contributed by atoms with Crippen LogP contribution in [0.1, 0.15) is 38.8 Å². The summed E-state index contributed by atoms with van der Waals surface area (Å²) in [6, 6.07) is 10.2. The van der Waals surface area contributed by atoms with Gasteiger partial charge in [0.25, 0.3) is 0 Å². The minimum absolute atomic E-state index is 0.132. The second kappa shape index (κ2) is 10.9. The number of sulfonamides is 1. The van der Waals surface area contributed by atoms with Crippen molar-refractivity contribution < 1.29 is 17.9 Å². The average molecular weight is 497 g/mol. The number of halogens is 1. The van der Waals surface area contributed by atoms with Crippen LogP contribution < -0.4 is 10.1 Å². The first-order chi connectivity index (χ1) is 14.3. The summed E-state index contributed by atoms with van der Waals surface area (Å²) >= 11 is 3.50. The van der Waals surface area contributed by atoms with Gasteiger partial charge in [-0.25, -0.2) is 8.42 Å². The third-order valence-corrected chi connectivity index (χ3v) is 7.13. The number of hydrogen-bond donors (Lipinski definition) is 1. The normalized spacial score (nSPS) is 11.5. The van der Waals surface area contributed by atoms with Gasteiger partial charge in [0.1, 0.15) is 5.75 Å². The SMILES string of the molecule is CCOc1ccc(S(=O)(=O)N(CC)CC(=O)Nc2c(CC)cc(Br)cc2CC)cc1. The van der Waals surface area contributed by atoms with Gasteiger partial charge in [0, 0.05) is 16.7 Å². The summed E-state index contributed by atoms with van der Waals surface area (Å²) in [6.07, 6.45) is 1.51. The molecule has 0 heterocycles. The predicted octanol–water partition coefficient (Wildman–Crippen LogP) is 4.62. The van der Waals surface area contributed by atoms with Crippen LogP contribution in [0.2, 0.25) is 0 Å². The van der Waals surface area contributed by atoms with Crippen LogP contribution in [0.5, 0.6) is 5.75 Å². The Kier molecular flexibility index (Phi) is 8.88. The van der Waals surface area contributed by atoms with Crippen LogP contribution in [0.15, 0.2) is 45.8 Å². The minimum Gasteiger partial charge on any atom is -0.494 e. The number of nitrogens with one attached hydrogen (secondary N) is 1. The zero-order valence-corrected chi connectivity index (χ0v) is 20.3. The van der Waals surface area contributed by atoms with Crippen molar-refractivity contribution in [2.45, 2.75) is 45.4 Å². The summed E-state index contributed by atoms with van der Waals surface area (Å²) in [7, 11) is -3.80. The van der Waals surface area contributed by atoms with Gasteiger partial charge in [-0.2, -0.15) is 4.31 Å². The summed E-state index contributed by atoms with van der Waals surface area (Å²) in [5.74, 6) is 0.241. The average Bonchev–Trinajstić information content (AvgIpc) is 2.73. The number of rotatable bonds is 10. The summed E-state index contributed by atoms with van der Waals surface area (Å²) in [5.41, 5.74) is 2.78. The van der Waals surface area contributed by atoms with Gasteiger partial charge in [-0.1, -0.05) is 36.7 Å². The molecular formula is C22H29BrN2O4S. The molecule has 1 N–H and O–H groups in total. The molecule has 2 aromatic carbocycles. The molecule has 6 nitrogen and oxygen atoms in total. The second-order valence-electron chi connectivity index (χ2n) is 6.69. The largest absolute Gasteiger partial charge is 0.494 e. The fourth-order valence-electron chi connectivity index (χ4n) is 3.17. The van der Waals surface area contributed by atoms with Gasteiger partial charge in [-0.15, -0.1) is 0 Å². The Balaban J connectivity index is 2.22. The molecule has 0 spiro atoms. The number of likely N-dealkylation sites (N-methyl/N-ethyl adjacent to an activating group) is 1. The lowest BCUT2D eigenvalue weighted by Crippen LogP contribution is -2.38. The van der Waals surface area contributed by atoms with E-state index in [1.54, 1.807) is 19.1 Å². The zero-order chi connectivity index (χ0) is 22.3. The molecule has 2 aromatic rings. The smallest absolute Gasteiger partial charge is 0.243 e. The Labute approximate surface area is 187 Å². The van der Waals surface area contributed by atoms with Crippen molar-refractivity contribution in [3.63, 3.8) is 0 Å². The molecular weight excluding hydrogens is 468 g/mol. The van der Waals surface area contributed by atoms with Gasteiger partial charge in [-0.05, 0) is 67.3 Å². The van der Waals surface area contributed by atoms with Crippen LogP contribution in [0.3, 0.4) is 0 Å². The number of amides is 1. The van der Waals surface area contributed by atoms with Gasteiger partial charge >= 0.3 is 0 Å². The van der Waals surface area contributed by atoms with Crippen LogP contribution >= 0.6 is 15.9 Å². The molecule has 164 valence electrons. The second-order valence-corrected chi connectivity index (χ2v) is 9.54. The fraction of sp³-hybridized carbons (Fsp3) is 0.409. The number of aryl methyl sites for hydroxylation is 2. The molecule has 0 unspecified atom stereocenters. The van der Waals surface area contributed by atoms with E-state index < -0.39 is 10.0 Å². The lowest BCUT2D eigenvalue weighted by Gasteiger charge is -2.21. The maximum atomic E-state index is 13.0. The van der Waals surface area contributed by atoms with Crippen molar-refractivity contribution in [1.29, 1.82) is 0 Å². The zero-order valence-electron chi connectivity index (χ0n) is 17.9. The van der Waals surface area contributed by atoms with Crippen LogP contribution in [0.25, 0.3) is 0 Å². The summed E-state index contributed by atoms with van der Waals surface area (Å²) in [4.78, 5) is 12.9. The standard InChI is InChI=1S/C22H29BrN2O4S/c1-5-16-13-18(23)14-17(6-2)22(16)24-21(26)15-25(7-3)30(27,28)20-11-9-19(10-12-20)29-8-4/h9-14H,5-8,15H2,1-4H3,(H,24,26). The Morgan fingerprint density at radius 3 is 2.07 bits per heavy atom. The molecule has 0 fully saturated rings. The predicted molar refractivity (Wildman–Crippen MR) is 124 cm³/mol. The number of carbonyl (C=O) groups is 1. The quantitative estimate of drug-likeness (QED) is 0.520. The minimum atomic E-state index is -3.80. The van der Waals surface area contributed by atoms with Gasteiger partial charge in [0.2, 0.25) is 15.9 Å². The third-order valence-electron chi connectivity index (χ3n) is 4.74. The number of nitrogens with zero attached hydrogens (tertiary/aromatic N) is 1. The Morgan fingerprint density at radius 2 is 1.60 bits per heavy atom. The first-order valence-corrected chi connectivity index (χ1v) is 12.3. The Morgan fingerprint density at radius 1 is 1.03 bits per heavy atom.